The molecule has 0 radical (unpaired) electrons. The van der Waals surface area contributed by atoms with Crippen LogP contribution < -0.4 is 10.6 Å². The molecule has 6 heteroatoms. The summed E-state index contributed by atoms with van der Waals surface area (Å²) in [4.78, 5) is 23.8. The fourth-order valence-electron chi connectivity index (χ4n) is 2.09. The smallest absolute Gasteiger partial charge is 0.251 e. The van der Waals surface area contributed by atoms with Gasteiger partial charge in [0.1, 0.15) is 0 Å². The molecule has 24 heavy (non-hydrogen) atoms. The van der Waals surface area contributed by atoms with Crippen LogP contribution in [0.2, 0.25) is 0 Å². The molecule has 0 saturated carbocycles. The van der Waals surface area contributed by atoms with E-state index in [-0.39, 0.29) is 11.8 Å². The Labute approximate surface area is 154 Å². The number of carbonyl (C=O) groups is 2. The molecule has 0 spiro atoms. The number of carbonyl (C=O) groups excluding carboxylic acids is 2. The fourth-order valence-corrected chi connectivity index (χ4v) is 3.31. The highest BCUT2D eigenvalue weighted by Crippen LogP contribution is 2.17. The van der Waals surface area contributed by atoms with Gasteiger partial charge >= 0.3 is 0 Å². The second-order valence-electron chi connectivity index (χ2n) is 5.11. The Morgan fingerprint density at radius 3 is 2.67 bits per heavy atom. The maximum Gasteiger partial charge on any atom is 0.251 e. The molecule has 4 nitrogen and oxygen atoms in total. The maximum atomic E-state index is 12.0. The van der Waals surface area contributed by atoms with Crippen molar-refractivity contribution in [1.82, 2.24) is 5.32 Å². The first-order chi connectivity index (χ1) is 11.6. The van der Waals surface area contributed by atoms with Crippen LogP contribution in [0.25, 0.3) is 0 Å². The quantitative estimate of drug-likeness (QED) is 0.728. The topological polar surface area (TPSA) is 58.2 Å². The van der Waals surface area contributed by atoms with Gasteiger partial charge in [0.05, 0.1) is 5.75 Å². The lowest BCUT2D eigenvalue weighted by Gasteiger charge is -2.08. The molecule has 0 atom stereocenters. The van der Waals surface area contributed by atoms with Crippen LogP contribution in [-0.4, -0.2) is 24.1 Å². The van der Waals surface area contributed by atoms with Crippen LogP contribution in [0.15, 0.2) is 53.0 Å². The summed E-state index contributed by atoms with van der Waals surface area (Å²) in [7, 11) is 0. The van der Waals surface area contributed by atoms with Gasteiger partial charge in [-0.2, -0.15) is 0 Å². The summed E-state index contributed by atoms with van der Waals surface area (Å²) < 4.78 is 1.03. The van der Waals surface area contributed by atoms with Crippen LogP contribution in [0.5, 0.6) is 0 Å². The number of benzene rings is 2. The second-order valence-corrected chi connectivity index (χ2v) is 7.01. The molecule has 2 aromatic rings. The third-order valence-corrected chi connectivity index (χ3v) is 4.63. The Balaban J connectivity index is 1.84. The molecule has 2 aromatic carbocycles. The van der Waals surface area contributed by atoms with Crippen molar-refractivity contribution in [2.24, 2.45) is 0 Å². The van der Waals surface area contributed by atoms with Crippen molar-refractivity contribution in [1.29, 1.82) is 0 Å². The average molecular weight is 407 g/mol. The first kappa shape index (κ1) is 18.5. The zero-order chi connectivity index (χ0) is 17.4. The van der Waals surface area contributed by atoms with Gasteiger partial charge in [0.25, 0.3) is 5.91 Å². The molecule has 2 N–H and O–H groups in total. The lowest BCUT2D eigenvalue weighted by molar-refractivity contribution is -0.113. The van der Waals surface area contributed by atoms with Gasteiger partial charge in [-0.15, -0.1) is 11.8 Å². The number of halogens is 1. The summed E-state index contributed by atoms with van der Waals surface area (Å²) in [6.45, 7) is 2.44. The van der Waals surface area contributed by atoms with Crippen molar-refractivity contribution < 1.29 is 9.59 Å². The third kappa shape index (κ3) is 6.02. The van der Waals surface area contributed by atoms with Gasteiger partial charge in [0, 0.05) is 28.0 Å². The minimum absolute atomic E-state index is 0.0805. The number of hydrogen-bond donors (Lipinski definition) is 2. The summed E-state index contributed by atoms with van der Waals surface area (Å²) in [5.41, 5.74) is 2.34. The minimum atomic E-state index is -0.141. The Morgan fingerprint density at radius 2 is 1.92 bits per heavy atom. The van der Waals surface area contributed by atoms with Gasteiger partial charge in [-0.05, 0) is 42.8 Å². The molecule has 0 heterocycles. The predicted octanol–water partition coefficient (Wildman–Crippen LogP) is 4.07. The first-order valence-electron chi connectivity index (χ1n) is 7.59. The number of thioether (sulfide) groups is 1. The molecule has 0 aliphatic rings. The molecule has 0 bridgehead atoms. The lowest BCUT2D eigenvalue weighted by atomic mass is 10.2. The molecule has 0 saturated heterocycles. The molecule has 0 unspecified atom stereocenters. The average Bonchev–Trinajstić information content (AvgIpc) is 2.55. The Bertz CT molecular complexity index is 722. The highest BCUT2D eigenvalue weighted by atomic mass is 79.9. The van der Waals surface area contributed by atoms with Gasteiger partial charge in [0.2, 0.25) is 5.91 Å². The summed E-state index contributed by atoms with van der Waals surface area (Å²) >= 11 is 4.98. The van der Waals surface area contributed by atoms with Crippen LogP contribution in [-0.2, 0) is 10.5 Å². The van der Waals surface area contributed by atoms with Crippen molar-refractivity contribution in [2.45, 2.75) is 12.7 Å². The normalized spacial score (nSPS) is 10.2. The van der Waals surface area contributed by atoms with E-state index in [0.717, 1.165) is 10.2 Å². The first-order valence-corrected chi connectivity index (χ1v) is 9.53. The largest absolute Gasteiger partial charge is 0.352 e. The van der Waals surface area contributed by atoms with Gasteiger partial charge in [0.15, 0.2) is 0 Å². The van der Waals surface area contributed by atoms with Crippen molar-refractivity contribution >= 4 is 45.2 Å². The molecule has 0 aliphatic carbocycles. The monoisotopic (exact) mass is 406 g/mol. The summed E-state index contributed by atoms with van der Waals surface area (Å²) in [6, 6.07) is 15.0. The van der Waals surface area contributed by atoms with E-state index in [2.05, 4.69) is 26.6 Å². The lowest BCUT2D eigenvalue weighted by Crippen LogP contribution is -2.23. The van der Waals surface area contributed by atoms with Gasteiger partial charge in [-0.25, -0.2) is 0 Å². The predicted molar refractivity (Wildman–Crippen MR) is 103 cm³/mol. The van der Waals surface area contributed by atoms with Crippen molar-refractivity contribution in [3.8, 4) is 0 Å². The number of anilines is 1. The molecule has 0 aromatic heterocycles. The van der Waals surface area contributed by atoms with Crippen LogP contribution in [0.1, 0.15) is 22.8 Å². The molecule has 126 valence electrons. The van der Waals surface area contributed by atoms with E-state index in [0.29, 0.717) is 23.5 Å². The highest BCUT2D eigenvalue weighted by molar-refractivity contribution is 9.10. The van der Waals surface area contributed by atoms with Crippen LogP contribution in [0.4, 0.5) is 5.69 Å². The zero-order valence-corrected chi connectivity index (χ0v) is 15.7. The molecule has 2 amide bonds. The molecule has 2 rings (SSSR count). The zero-order valence-electron chi connectivity index (χ0n) is 13.3. The van der Waals surface area contributed by atoms with E-state index in [9.17, 15) is 9.59 Å². The van der Waals surface area contributed by atoms with Crippen molar-refractivity contribution in [3.05, 3.63) is 64.1 Å². The SMILES string of the molecule is CCNC(=O)c1cccc(NC(=O)CSCc2cccc(Br)c2)c1. The molecular formula is C18H19BrN2O2S. The number of nitrogens with one attached hydrogen (secondary N) is 2. The van der Waals surface area contributed by atoms with Crippen LogP contribution >= 0.6 is 27.7 Å². The Morgan fingerprint density at radius 1 is 1.12 bits per heavy atom. The summed E-state index contributed by atoms with van der Waals surface area (Å²) in [5.74, 6) is 0.907. The summed E-state index contributed by atoms with van der Waals surface area (Å²) in [6.07, 6.45) is 0. The third-order valence-electron chi connectivity index (χ3n) is 3.14. The van der Waals surface area contributed by atoms with E-state index in [4.69, 9.17) is 0 Å². The van der Waals surface area contributed by atoms with Gasteiger partial charge in [-0.1, -0.05) is 34.1 Å². The minimum Gasteiger partial charge on any atom is -0.352 e. The van der Waals surface area contributed by atoms with Gasteiger partial charge in [-0.3, -0.25) is 9.59 Å². The van der Waals surface area contributed by atoms with E-state index < -0.39 is 0 Å². The standard InChI is InChI=1S/C18H19BrN2O2S/c1-2-20-18(23)14-6-4-8-16(10-14)21-17(22)12-24-11-13-5-3-7-15(19)9-13/h3-10H,2,11-12H2,1H3,(H,20,23)(H,21,22). The van der Waals surface area contributed by atoms with Crippen LogP contribution in [0.3, 0.4) is 0 Å². The van der Waals surface area contributed by atoms with E-state index in [1.165, 1.54) is 5.56 Å². The molecule has 0 aliphatic heterocycles. The summed E-state index contributed by atoms with van der Waals surface area (Å²) in [5, 5.41) is 5.57. The highest BCUT2D eigenvalue weighted by Gasteiger charge is 2.07. The van der Waals surface area contributed by atoms with Gasteiger partial charge < -0.3 is 10.6 Å². The fraction of sp³-hybridized carbons (Fsp3) is 0.222. The molecular weight excluding hydrogens is 388 g/mol. The number of hydrogen-bond acceptors (Lipinski definition) is 3. The molecule has 0 fully saturated rings. The van der Waals surface area contributed by atoms with E-state index in [1.807, 2.05) is 31.2 Å². The van der Waals surface area contributed by atoms with E-state index >= 15 is 0 Å². The second kappa shape index (κ2) is 9.49. The Hall–Kier alpha value is -1.79. The van der Waals surface area contributed by atoms with E-state index in [1.54, 1.807) is 36.0 Å². The van der Waals surface area contributed by atoms with Crippen LogP contribution in [0, 0.1) is 0 Å². The number of rotatable bonds is 7. The Kier molecular flexibility index (Phi) is 7.34. The van der Waals surface area contributed by atoms with Crippen molar-refractivity contribution in [3.63, 3.8) is 0 Å². The number of amides is 2. The van der Waals surface area contributed by atoms with Crippen molar-refractivity contribution in [2.75, 3.05) is 17.6 Å². The maximum absolute atomic E-state index is 12.0.